The predicted molar refractivity (Wildman–Crippen MR) is 72.7 cm³/mol. The summed E-state index contributed by atoms with van der Waals surface area (Å²) in [5, 5.41) is 8.87. The molecule has 2 N–H and O–H groups in total. The Bertz CT molecular complexity index is 404. The molecule has 1 aromatic rings. The van der Waals surface area contributed by atoms with Gasteiger partial charge in [-0.2, -0.15) is 5.26 Å². The molecule has 0 heterocycles. The fourth-order valence-electron chi connectivity index (χ4n) is 1.43. The number of nitrogens with zero attached hydrogens (tertiary/aromatic N) is 1. The van der Waals surface area contributed by atoms with Crippen LogP contribution in [0.5, 0.6) is 5.75 Å². The zero-order valence-corrected chi connectivity index (χ0v) is 11.8. The van der Waals surface area contributed by atoms with Crippen molar-refractivity contribution in [2.45, 2.75) is 26.7 Å². The van der Waals surface area contributed by atoms with Gasteiger partial charge in [-0.3, -0.25) is 0 Å². The molecule has 92 valence electrons. The van der Waals surface area contributed by atoms with Crippen molar-refractivity contribution in [3.63, 3.8) is 0 Å². The number of anilines is 1. The van der Waals surface area contributed by atoms with Crippen molar-refractivity contribution in [2.75, 3.05) is 12.3 Å². The molecule has 17 heavy (non-hydrogen) atoms. The number of benzene rings is 1. The van der Waals surface area contributed by atoms with Gasteiger partial charge in [0.25, 0.3) is 0 Å². The zero-order valence-electron chi connectivity index (χ0n) is 10.2. The van der Waals surface area contributed by atoms with E-state index in [0.29, 0.717) is 12.3 Å². The first-order valence-electron chi connectivity index (χ1n) is 5.53. The van der Waals surface area contributed by atoms with Gasteiger partial charge >= 0.3 is 0 Å². The predicted octanol–water partition coefficient (Wildman–Crippen LogP) is 3.74. The minimum atomic E-state index is -0.278. The molecule has 1 aromatic carbocycles. The van der Waals surface area contributed by atoms with Gasteiger partial charge in [0.1, 0.15) is 5.75 Å². The van der Waals surface area contributed by atoms with Crippen molar-refractivity contribution in [3.8, 4) is 11.8 Å². The van der Waals surface area contributed by atoms with Gasteiger partial charge in [0.2, 0.25) is 0 Å². The lowest BCUT2D eigenvalue weighted by molar-refractivity contribution is 0.284. The molecular formula is C13H17BrN2O. The summed E-state index contributed by atoms with van der Waals surface area (Å²) < 4.78 is 6.50. The summed E-state index contributed by atoms with van der Waals surface area (Å²) in [7, 11) is 0. The maximum Gasteiger partial charge on any atom is 0.122 e. The van der Waals surface area contributed by atoms with Crippen molar-refractivity contribution in [3.05, 3.63) is 22.7 Å². The van der Waals surface area contributed by atoms with Crippen molar-refractivity contribution in [1.29, 1.82) is 5.26 Å². The Balaban J connectivity index is 2.39. The van der Waals surface area contributed by atoms with E-state index in [9.17, 15) is 0 Å². The highest BCUT2D eigenvalue weighted by Crippen LogP contribution is 2.24. The van der Waals surface area contributed by atoms with E-state index in [1.54, 1.807) is 6.07 Å². The quantitative estimate of drug-likeness (QED) is 0.665. The van der Waals surface area contributed by atoms with Crippen LogP contribution in [0.15, 0.2) is 22.7 Å². The van der Waals surface area contributed by atoms with Gasteiger partial charge in [-0.1, -0.05) is 15.9 Å². The molecule has 0 radical (unpaired) electrons. The number of nitriles is 1. The lowest BCUT2D eigenvalue weighted by Crippen LogP contribution is -2.10. The first kappa shape index (κ1) is 13.9. The number of nitrogens with two attached hydrogens (primary N) is 1. The van der Waals surface area contributed by atoms with Gasteiger partial charge in [-0.25, -0.2) is 0 Å². The third-order valence-corrected chi connectivity index (χ3v) is 2.87. The number of hydrogen-bond donors (Lipinski definition) is 1. The topological polar surface area (TPSA) is 59.0 Å². The van der Waals surface area contributed by atoms with E-state index in [-0.39, 0.29) is 5.41 Å². The Morgan fingerprint density at radius 2 is 2.12 bits per heavy atom. The summed E-state index contributed by atoms with van der Waals surface area (Å²) in [6.07, 6.45) is 1.68. The van der Waals surface area contributed by atoms with Crippen LogP contribution < -0.4 is 10.5 Å². The van der Waals surface area contributed by atoms with Crippen LogP contribution in [0.3, 0.4) is 0 Å². The van der Waals surface area contributed by atoms with E-state index in [1.165, 1.54) is 0 Å². The van der Waals surface area contributed by atoms with Crippen LogP contribution in [-0.2, 0) is 0 Å². The van der Waals surface area contributed by atoms with Crippen LogP contribution in [-0.4, -0.2) is 6.61 Å². The second-order valence-electron chi connectivity index (χ2n) is 4.67. The molecular weight excluding hydrogens is 280 g/mol. The Morgan fingerprint density at radius 1 is 1.41 bits per heavy atom. The monoisotopic (exact) mass is 296 g/mol. The SMILES string of the molecule is CC(C)(C#N)CCCOc1cc(N)cc(Br)c1. The van der Waals surface area contributed by atoms with Gasteiger partial charge in [0, 0.05) is 16.2 Å². The third-order valence-electron chi connectivity index (χ3n) is 2.41. The molecule has 0 aromatic heterocycles. The number of ether oxygens (including phenoxy) is 1. The van der Waals surface area contributed by atoms with Crippen LogP contribution >= 0.6 is 15.9 Å². The van der Waals surface area contributed by atoms with E-state index >= 15 is 0 Å². The first-order valence-corrected chi connectivity index (χ1v) is 6.32. The van der Waals surface area contributed by atoms with Crippen molar-refractivity contribution in [2.24, 2.45) is 5.41 Å². The molecule has 0 atom stereocenters. The number of nitrogen functional groups attached to an aromatic ring is 1. The summed E-state index contributed by atoms with van der Waals surface area (Å²) in [6, 6.07) is 7.77. The lowest BCUT2D eigenvalue weighted by atomic mass is 9.90. The zero-order chi connectivity index (χ0) is 12.9. The van der Waals surface area contributed by atoms with Gasteiger partial charge < -0.3 is 10.5 Å². The molecule has 0 saturated carbocycles. The maximum absolute atomic E-state index is 8.87. The van der Waals surface area contributed by atoms with Crippen molar-refractivity contribution >= 4 is 21.6 Å². The van der Waals surface area contributed by atoms with Crippen molar-refractivity contribution in [1.82, 2.24) is 0 Å². The van der Waals surface area contributed by atoms with Gasteiger partial charge in [-0.05, 0) is 38.8 Å². The third kappa shape index (κ3) is 5.10. The van der Waals surface area contributed by atoms with Crippen LogP contribution in [0.2, 0.25) is 0 Å². The largest absolute Gasteiger partial charge is 0.493 e. The highest BCUT2D eigenvalue weighted by atomic mass is 79.9. The van der Waals surface area contributed by atoms with Crippen molar-refractivity contribution < 1.29 is 4.74 Å². The highest BCUT2D eigenvalue weighted by molar-refractivity contribution is 9.10. The standard InChI is InChI=1S/C13H17BrN2O/c1-13(2,9-15)4-3-5-17-12-7-10(14)6-11(16)8-12/h6-8H,3-5,16H2,1-2H3. The summed E-state index contributed by atoms with van der Waals surface area (Å²) in [5.74, 6) is 0.756. The summed E-state index contributed by atoms with van der Waals surface area (Å²) in [4.78, 5) is 0. The van der Waals surface area contributed by atoms with Crippen LogP contribution in [0.25, 0.3) is 0 Å². The van der Waals surface area contributed by atoms with Gasteiger partial charge in [-0.15, -0.1) is 0 Å². The van der Waals surface area contributed by atoms with Crippen LogP contribution in [0, 0.1) is 16.7 Å². The molecule has 0 amide bonds. The van der Waals surface area contributed by atoms with E-state index < -0.39 is 0 Å². The van der Waals surface area contributed by atoms with E-state index in [4.69, 9.17) is 15.7 Å². The van der Waals surface area contributed by atoms with Gasteiger partial charge in [0.15, 0.2) is 0 Å². The first-order chi connectivity index (χ1) is 7.93. The fraction of sp³-hybridized carbons (Fsp3) is 0.462. The Hall–Kier alpha value is -1.21. The van der Waals surface area contributed by atoms with E-state index in [0.717, 1.165) is 23.1 Å². The average Bonchev–Trinajstić information content (AvgIpc) is 2.23. The summed E-state index contributed by atoms with van der Waals surface area (Å²) >= 11 is 3.36. The smallest absolute Gasteiger partial charge is 0.122 e. The minimum Gasteiger partial charge on any atom is -0.493 e. The summed E-state index contributed by atoms with van der Waals surface area (Å²) in [6.45, 7) is 4.47. The van der Waals surface area contributed by atoms with E-state index in [2.05, 4.69) is 22.0 Å². The molecule has 0 saturated heterocycles. The molecule has 1 rings (SSSR count). The molecule has 0 unspecified atom stereocenters. The molecule has 0 spiro atoms. The number of rotatable bonds is 5. The highest BCUT2D eigenvalue weighted by Gasteiger charge is 2.15. The molecule has 0 aliphatic heterocycles. The Kier molecular flexibility index (Phi) is 4.83. The average molecular weight is 297 g/mol. The molecule has 0 aliphatic carbocycles. The minimum absolute atomic E-state index is 0.278. The van der Waals surface area contributed by atoms with Gasteiger partial charge in [0.05, 0.1) is 18.1 Å². The summed E-state index contributed by atoms with van der Waals surface area (Å²) in [5.41, 5.74) is 6.10. The van der Waals surface area contributed by atoms with Crippen LogP contribution in [0.4, 0.5) is 5.69 Å². The van der Waals surface area contributed by atoms with E-state index in [1.807, 2.05) is 26.0 Å². The number of halogens is 1. The molecule has 0 aliphatic rings. The lowest BCUT2D eigenvalue weighted by Gasteiger charge is -2.15. The second-order valence-corrected chi connectivity index (χ2v) is 5.58. The normalized spacial score (nSPS) is 10.9. The second kappa shape index (κ2) is 5.92. The van der Waals surface area contributed by atoms with Crippen LogP contribution in [0.1, 0.15) is 26.7 Å². The Labute approximate surface area is 111 Å². The molecule has 3 nitrogen and oxygen atoms in total. The molecule has 4 heteroatoms. The fourth-order valence-corrected chi connectivity index (χ4v) is 1.92. The number of hydrogen-bond acceptors (Lipinski definition) is 3. The Morgan fingerprint density at radius 3 is 2.71 bits per heavy atom. The molecule has 0 fully saturated rings. The maximum atomic E-state index is 8.87. The molecule has 0 bridgehead atoms.